The maximum absolute atomic E-state index is 10.9. The minimum absolute atomic E-state index is 0.0547. The first-order chi connectivity index (χ1) is 8.40. The molecule has 0 spiro atoms. The second-order valence-electron chi connectivity index (χ2n) is 4.50. The molecule has 0 aliphatic rings. The number of nitrogens with one attached hydrogen (secondary N) is 1. The quantitative estimate of drug-likeness (QED) is 0.586. The molecule has 0 bridgehead atoms. The van der Waals surface area contributed by atoms with Crippen molar-refractivity contribution in [1.29, 1.82) is 0 Å². The number of aromatic nitrogens is 1. The maximum Gasteiger partial charge on any atom is 0.311 e. The molecule has 3 N–H and O–H groups in total. The summed E-state index contributed by atoms with van der Waals surface area (Å²) < 4.78 is 0. The molecule has 1 atom stereocenters. The Balaban J connectivity index is 2.76. The van der Waals surface area contributed by atoms with Crippen molar-refractivity contribution < 1.29 is 4.92 Å². The highest BCUT2D eigenvalue weighted by Crippen LogP contribution is 2.23. The summed E-state index contributed by atoms with van der Waals surface area (Å²) in [5.41, 5.74) is 5.49. The van der Waals surface area contributed by atoms with E-state index in [-0.39, 0.29) is 23.4 Å². The lowest BCUT2D eigenvalue weighted by molar-refractivity contribution is -0.384. The number of nitrogens with two attached hydrogens (primary N) is 1. The molecule has 1 aromatic heterocycles. The molecule has 0 saturated carbocycles. The molecule has 7 heteroatoms. The molecule has 100 valence electrons. The number of nitro groups is 1. The zero-order chi connectivity index (χ0) is 13.7. The van der Waals surface area contributed by atoms with Crippen LogP contribution in [0.1, 0.15) is 13.3 Å². The van der Waals surface area contributed by atoms with Crippen molar-refractivity contribution in [3.05, 3.63) is 22.2 Å². The lowest BCUT2D eigenvalue weighted by Crippen LogP contribution is -2.23. The van der Waals surface area contributed by atoms with Gasteiger partial charge in [0.15, 0.2) is 0 Å². The topological polar surface area (TPSA) is 97.3 Å². The monoisotopic (exact) mass is 253 g/mol. The Bertz CT molecular complexity index is 422. The lowest BCUT2D eigenvalue weighted by atomic mass is 10.2. The first-order valence-electron chi connectivity index (χ1n) is 5.72. The summed E-state index contributed by atoms with van der Waals surface area (Å²) in [6.07, 6.45) is 0.862. The van der Waals surface area contributed by atoms with Gasteiger partial charge in [-0.25, -0.2) is 4.98 Å². The number of nitrogen functional groups attached to an aromatic ring is 1. The van der Waals surface area contributed by atoms with E-state index < -0.39 is 4.92 Å². The molecule has 1 aromatic rings. The van der Waals surface area contributed by atoms with Gasteiger partial charge in [0, 0.05) is 12.1 Å². The molecule has 0 saturated heterocycles. The number of hydrogen-bond acceptors (Lipinski definition) is 6. The molecule has 18 heavy (non-hydrogen) atoms. The van der Waals surface area contributed by atoms with E-state index in [1.165, 1.54) is 12.1 Å². The molecule has 1 heterocycles. The van der Waals surface area contributed by atoms with E-state index in [1.54, 1.807) is 0 Å². The van der Waals surface area contributed by atoms with Gasteiger partial charge < -0.3 is 16.0 Å². The molecule has 1 rings (SSSR count). The zero-order valence-electron chi connectivity index (χ0n) is 10.9. The predicted octanol–water partition coefficient (Wildman–Crippen LogP) is 1.32. The van der Waals surface area contributed by atoms with Crippen LogP contribution in [0.25, 0.3) is 0 Å². The van der Waals surface area contributed by atoms with Gasteiger partial charge in [0.25, 0.3) is 0 Å². The van der Waals surface area contributed by atoms with Crippen LogP contribution in [0.15, 0.2) is 12.1 Å². The second kappa shape index (κ2) is 6.15. The molecule has 0 radical (unpaired) electrons. The van der Waals surface area contributed by atoms with E-state index >= 15 is 0 Å². The van der Waals surface area contributed by atoms with Crippen molar-refractivity contribution in [3.63, 3.8) is 0 Å². The minimum atomic E-state index is -0.465. The van der Waals surface area contributed by atoms with Gasteiger partial charge in [-0.3, -0.25) is 10.1 Å². The van der Waals surface area contributed by atoms with Gasteiger partial charge in [-0.15, -0.1) is 0 Å². The minimum Gasteiger partial charge on any atom is -0.384 e. The van der Waals surface area contributed by atoms with Crippen LogP contribution in [0.5, 0.6) is 0 Å². The van der Waals surface area contributed by atoms with Gasteiger partial charge >= 0.3 is 5.69 Å². The van der Waals surface area contributed by atoms with Gasteiger partial charge in [0.05, 0.1) is 4.92 Å². The van der Waals surface area contributed by atoms with E-state index in [4.69, 9.17) is 5.73 Å². The number of anilines is 2. The number of nitrogens with zero attached hydrogens (tertiary/aromatic N) is 3. The van der Waals surface area contributed by atoms with Crippen LogP contribution in [0, 0.1) is 10.1 Å². The Morgan fingerprint density at radius 2 is 2.22 bits per heavy atom. The summed E-state index contributed by atoms with van der Waals surface area (Å²) in [5.74, 6) is 0.495. The third-order valence-electron chi connectivity index (χ3n) is 2.48. The van der Waals surface area contributed by atoms with E-state index in [2.05, 4.69) is 15.2 Å². The van der Waals surface area contributed by atoms with Crippen LogP contribution in [-0.2, 0) is 0 Å². The van der Waals surface area contributed by atoms with Crippen LogP contribution in [0.4, 0.5) is 17.3 Å². The highest BCUT2D eigenvalue weighted by Gasteiger charge is 2.17. The van der Waals surface area contributed by atoms with Crippen molar-refractivity contribution in [2.45, 2.75) is 19.4 Å². The van der Waals surface area contributed by atoms with Gasteiger partial charge in [-0.2, -0.15) is 0 Å². The molecule has 0 aliphatic carbocycles. The summed E-state index contributed by atoms with van der Waals surface area (Å²) in [4.78, 5) is 16.4. The van der Waals surface area contributed by atoms with Gasteiger partial charge in [0.2, 0.25) is 5.82 Å². The summed E-state index contributed by atoms with van der Waals surface area (Å²) in [5, 5.41) is 13.9. The average molecular weight is 253 g/mol. The smallest absolute Gasteiger partial charge is 0.311 e. The Kier molecular flexibility index (Phi) is 4.85. The zero-order valence-corrected chi connectivity index (χ0v) is 10.9. The molecule has 0 aliphatic heterocycles. The van der Waals surface area contributed by atoms with Crippen molar-refractivity contribution in [1.82, 2.24) is 9.88 Å². The van der Waals surface area contributed by atoms with E-state index in [9.17, 15) is 10.1 Å². The van der Waals surface area contributed by atoms with Crippen LogP contribution >= 0.6 is 0 Å². The fourth-order valence-corrected chi connectivity index (χ4v) is 1.48. The summed E-state index contributed by atoms with van der Waals surface area (Å²) in [7, 11) is 3.96. The fourth-order valence-electron chi connectivity index (χ4n) is 1.48. The maximum atomic E-state index is 10.9. The molecule has 0 aromatic carbocycles. The van der Waals surface area contributed by atoms with Crippen molar-refractivity contribution >= 4 is 17.3 Å². The van der Waals surface area contributed by atoms with Gasteiger partial charge in [0.1, 0.15) is 5.82 Å². The van der Waals surface area contributed by atoms with Crippen molar-refractivity contribution in [2.24, 2.45) is 0 Å². The summed E-state index contributed by atoms with van der Waals surface area (Å²) in [6.45, 7) is 2.85. The van der Waals surface area contributed by atoms with Crippen molar-refractivity contribution in [3.8, 4) is 0 Å². The summed E-state index contributed by atoms with van der Waals surface area (Å²) in [6, 6.07) is 2.87. The second-order valence-corrected chi connectivity index (χ2v) is 4.50. The molecule has 7 nitrogen and oxygen atoms in total. The predicted molar refractivity (Wildman–Crippen MR) is 71.6 cm³/mol. The Morgan fingerprint density at radius 1 is 1.56 bits per heavy atom. The highest BCUT2D eigenvalue weighted by atomic mass is 16.6. The number of rotatable bonds is 6. The van der Waals surface area contributed by atoms with Crippen LogP contribution in [-0.4, -0.2) is 41.5 Å². The third kappa shape index (κ3) is 4.17. The first kappa shape index (κ1) is 14.2. The van der Waals surface area contributed by atoms with Gasteiger partial charge in [-0.1, -0.05) is 0 Å². The van der Waals surface area contributed by atoms with Crippen LogP contribution < -0.4 is 11.1 Å². The largest absolute Gasteiger partial charge is 0.384 e. The van der Waals surface area contributed by atoms with E-state index in [0.29, 0.717) is 0 Å². The number of pyridine rings is 1. The fraction of sp³-hybridized carbons (Fsp3) is 0.545. The molecule has 0 amide bonds. The molecule has 0 fully saturated rings. The van der Waals surface area contributed by atoms with Crippen LogP contribution in [0.3, 0.4) is 0 Å². The first-order valence-corrected chi connectivity index (χ1v) is 5.72. The Morgan fingerprint density at radius 3 is 2.78 bits per heavy atom. The lowest BCUT2D eigenvalue weighted by Gasteiger charge is -2.17. The third-order valence-corrected chi connectivity index (χ3v) is 2.48. The standard InChI is InChI=1S/C11H19N5O2/c1-8(6-7-15(2)3)13-11-9(16(17)18)4-5-10(12)14-11/h4-5,8H,6-7H2,1-3H3,(H3,12,13,14). The van der Waals surface area contributed by atoms with Crippen LogP contribution in [0.2, 0.25) is 0 Å². The average Bonchev–Trinajstić information content (AvgIpc) is 2.26. The van der Waals surface area contributed by atoms with Crippen molar-refractivity contribution in [2.75, 3.05) is 31.7 Å². The van der Waals surface area contributed by atoms with Gasteiger partial charge in [-0.05, 0) is 40.1 Å². The number of hydrogen-bond donors (Lipinski definition) is 2. The molecule has 1 unspecified atom stereocenters. The summed E-state index contributed by atoms with van der Waals surface area (Å²) >= 11 is 0. The molecular formula is C11H19N5O2. The SMILES string of the molecule is CC(CCN(C)C)Nc1nc(N)ccc1[N+](=O)[O-]. The van der Waals surface area contributed by atoms with E-state index in [0.717, 1.165) is 13.0 Å². The van der Waals surface area contributed by atoms with E-state index in [1.807, 2.05) is 21.0 Å². The normalized spacial score (nSPS) is 12.4. The Labute approximate surface area is 106 Å². The molecular weight excluding hydrogens is 234 g/mol. The highest BCUT2D eigenvalue weighted by molar-refractivity contribution is 5.59. The Hall–Kier alpha value is -1.89.